The molecule has 74 valence electrons. The molecule has 0 unspecified atom stereocenters. The Bertz CT molecular complexity index is 288. The van der Waals surface area contributed by atoms with Crippen molar-refractivity contribution in [2.75, 3.05) is 7.05 Å². The number of thioether (sulfide) groups is 1. The number of aliphatic imine (C=N–C) groups is 1. The van der Waals surface area contributed by atoms with E-state index in [2.05, 4.69) is 14.6 Å². The van der Waals surface area contributed by atoms with Crippen LogP contribution < -0.4 is 5.73 Å². The summed E-state index contributed by atoms with van der Waals surface area (Å²) >= 11 is 8.34. The third-order valence-corrected chi connectivity index (χ3v) is 2.97. The summed E-state index contributed by atoms with van der Waals surface area (Å²) in [6, 6.07) is 0. The van der Waals surface area contributed by atoms with Crippen molar-refractivity contribution in [3.63, 3.8) is 0 Å². The van der Waals surface area contributed by atoms with Crippen LogP contribution in [0.5, 0.6) is 0 Å². The third kappa shape index (κ3) is 4.12. The monoisotopic (exact) mass is 258 g/mol. The summed E-state index contributed by atoms with van der Waals surface area (Å²) in [6.45, 7) is 0. The van der Waals surface area contributed by atoms with Crippen molar-refractivity contribution in [3.8, 4) is 0 Å². The van der Waals surface area contributed by atoms with Gasteiger partial charge in [-0.1, -0.05) is 27.9 Å². The molecule has 8 heteroatoms. The second-order valence-electron chi connectivity index (χ2n) is 1.84. The van der Waals surface area contributed by atoms with E-state index in [1.807, 2.05) is 0 Å². The highest BCUT2D eigenvalue weighted by atomic mass is 35.5. The number of nitrogens with two attached hydrogens (primary N) is 1. The molecule has 1 heterocycles. The van der Waals surface area contributed by atoms with Gasteiger partial charge in [-0.05, 0) is 0 Å². The summed E-state index contributed by atoms with van der Waals surface area (Å²) in [6.07, 6.45) is 0. The van der Waals surface area contributed by atoms with Crippen LogP contribution in [0.15, 0.2) is 4.99 Å². The molecule has 0 aliphatic rings. The number of nitrogens with zero attached hydrogens (tertiary/aromatic N) is 3. The lowest BCUT2D eigenvalue weighted by molar-refractivity contribution is 1.08. The van der Waals surface area contributed by atoms with Gasteiger partial charge >= 0.3 is 0 Å². The van der Waals surface area contributed by atoms with Crippen molar-refractivity contribution in [1.29, 1.82) is 0 Å². The van der Waals surface area contributed by atoms with Gasteiger partial charge in [0.05, 0.1) is 0 Å². The summed E-state index contributed by atoms with van der Waals surface area (Å²) in [5.74, 6) is 0.624. The maximum absolute atomic E-state index is 5.77. The van der Waals surface area contributed by atoms with Crippen LogP contribution in [0.1, 0.15) is 5.69 Å². The van der Waals surface area contributed by atoms with Crippen LogP contribution in [0.3, 0.4) is 0 Å². The fraction of sp³-hybridized carbons (Fsp3) is 0.400. The smallest absolute Gasteiger partial charge is 0.154 e. The molecule has 0 aliphatic heterocycles. The van der Waals surface area contributed by atoms with E-state index in [1.165, 1.54) is 23.3 Å². The molecule has 0 bridgehead atoms. The standard InChI is InChI=1S/C5H7ClN4S2.ClH/c1-8-5(7)11-2-3-4(6)12-10-9-3;/h2H2,1H3,(H2,7,8);1H. The normalized spacial score (nSPS) is 11.1. The lowest BCUT2D eigenvalue weighted by atomic mass is 10.6. The van der Waals surface area contributed by atoms with E-state index in [0.29, 0.717) is 15.3 Å². The lowest BCUT2D eigenvalue weighted by Gasteiger charge is -1.95. The lowest BCUT2D eigenvalue weighted by Crippen LogP contribution is -2.06. The van der Waals surface area contributed by atoms with Crippen molar-refractivity contribution in [1.82, 2.24) is 9.59 Å². The quantitative estimate of drug-likeness (QED) is 0.649. The molecule has 0 saturated heterocycles. The second-order valence-corrected chi connectivity index (χ2v) is 4.20. The van der Waals surface area contributed by atoms with E-state index in [0.717, 1.165) is 5.69 Å². The van der Waals surface area contributed by atoms with E-state index in [1.54, 1.807) is 7.05 Å². The highest BCUT2D eigenvalue weighted by molar-refractivity contribution is 8.13. The maximum Gasteiger partial charge on any atom is 0.154 e. The minimum Gasteiger partial charge on any atom is -0.379 e. The Morgan fingerprint density at radius 1 is 1.77 bits per heavy atom. The topological polar surface area (TPSA) is 64.2 Å². The first-order valence-electron chi connectivity index (χ1n) is 3.06. The summed E-state index contributed by atoms with van der Waals surface area (Å²) in [4.78, 5) is 3.79. The van der Waals surface area contributed by atoms with E-state index in [-0.39, 0.29) is 12.4 Å². The van der Waals surface area contributed by atoms with E-state index in [9.17, 15) is 0 Å². The average molecular weight is 259 g/mol. The highest BCUT2D eigenvalue weighted by Gasteiger charge is 2.05. The van der Waals surface area contributed by atoms with Gasteiger partial charge < -0.3 is 5.73 Å². The van der Waals surface area contributed by atoms with Crippen LogP contribution >= 0.6 is 47.3 Å². The summed E-state index contributed by atoms with van der Waals surface area (Å²) in [5.41, 5.74) is 6.23. The molecule has 0 radical (unpaired) electrons. The van der Waals surface area contributed by atoms with Crippen molar-refractivity contribution in [3.05, 3.63) is 10.0 Å². The van der Waals surface area contributed by atoms with Gasteiger partial charge in [0, 0.05) is 24.3 Å². The van der Waals surface area contributed by atoms with Crippen LogP contribution in [0.4, 0.5) is 0 Å². The number of hydrogen-bond donors (Lipinski definition) is 1. The number of halogens is 2. The first-order valence-corrected chi connectivity index (χ1v) is 5.19. The third-order valence-electron chi connectivity index (χ3n) is 1.09. The Hall–Kier alpha value is -0.0400. The van der Waals surface area contributed by atoms with Gasteiger partial charge in [0.2, 0.25) is 0 Å². The molecule has 0 saturated carbocycles. The zero-order valence-corrected chi connectivity index (χ0v) is 9.93. The van der Waals surface area contributed by atoms with Crippen LogP contribution in [-0.2, 0) is 5.75 Å². The second kappa shape index (κ2) is 6.42. The maximum atomic E-state index is 5.77. The van der Waals surface area contributed by atoms with Crippen molar-refractivity contribution < 1.29 is 0 Å². The Labute approximate surface area is 95.5 Å². The predicted molar refractivity (Wildman–Crippen MR) is 61.0 cm³/mol. The number of aromatic nitrogens is 2. The molecule has 0 atom stereocenters. The summed E-state index contributed by atoms with van der Waals surface area (Å²) in [5, 5.41) is 4.35. The Morgan fingerprint density at radius 3 is 2.92 bits per heavy atom. The molecule has 2 N–H and O–H groups in total. The molecule has 1 rings (SSSR count). The molecular weight excluding hydrogens is 251 g/mol. The molecule has 0 spiro atoms. The Balaban J connectivity index is 0.00000144. The van der Waals surface area contributed by atoms with Crippen LogP contribution in [-0.4, -0.2) is 21.8 Å². The zero-order chi connectivity index (χ0) is 8.97. The predicted octanol–water partition coefficient (Wildman–Crippen LogP) is 1.79. The molecular formula is C5H8Cl2N4S2. The highest BCUT2D eigenvalue weighted by Crippen LogP contribution is 2.21. The SMILES string of the molecule is CN=C(N)SCc1nnsc1Cl.Cl. The minimum atomic E-state index is 0. The van der Waals surface area contributed by atoms with Crippen molar-refractivity contribution in [2.45, 2.75) is 5.75 Å². The molecule has 4 nitrogen and oxygen atoms in total. The first-order chi connectivity index (χ1) is 5.74. The van der Waals surface area contributed by atoms with Crippen molar-refractivity contribution >= 4 is 52.5 Å². The largest absolute Gasteiger partial charge is 0.379 e. The average Bonchev–Trinajstić information content (AvgIpc) is 2.47. The Kier molecular flexibility index (Phi) is 6.40. The van der Waals surface area contributed by atoms with Gasteiger partial charge in [-0.2, -0.15) is 0 Å². The van der Waals surface area contributed by atoms with Crippen LogP contribution in [0.25, 0.3) is 0 Å². The van der Waals surface area contributed by atoms with Gasteiger partial charge in [-0.25, -0.2) is 0 Å². The van der Waals surface area contributed by atoms with Crippen molar-refractivity contribution in [2.24, 2.45) is 10.7 Å². The zero-order valence-electron chi connectivity index (χ0n) is 6.73. The Morgan fingerprint density at radius 2 is 2.46 bits per heavy atom. The fourth-order valence-corrected chi connectivity index (χ4v) is 1.90. The molecule has 1 aromatic rings. The number of amidine groups is 1. The molecule has 0 amide bonds. The first kappa shape index (κ1) is 13.0. The van der Waals surface area contributed by atoms with E-state index in [4.69, 9.17) is 17.3 Å². The molecule has 13 heavy (non-hydrogen) atoms. The number of rotatable bonds is 2. The van der Waals surface area contributed by atoms with E-state index >= 15 is 0 Å². The molecule has 0 fully saturated rings. The van der Waals surface area contributed by atoms with Gasteiger partial charge in [-0.3, -0.25) is 4.99 Å². The van der Waals surface area contributed by atoms with Gasteiger partial charge in [0.25, 0.3) is 0 Å². The molecule has 0 aromatic carbocycles. The van der Waals surface area contributed by atoms with Gasteiger partial charge in [0.1, 0.15) is 10.0 Å². The molecule has 1 aromatic heterocycles. The van der Waals surface area contributed by atoms with Gasteiger partial charge in [-0.15, -0.1) is 17.5 Å². The number of hydrogen-bond acceptors (Lipinski definition) is 5. The fourth-order valence-electron chi connectivity index (χ4n) is 0.490. The van der Waals surface area contributed by atoms with Crippen LogP contribution in [0, 0.1) is 0 Å². The summed E-state index contributed by atoms with van der Waals surface area (Å²) < 4.78 is 4.31. The van der Waals surface area contributed by atoms with Gasteiger partial charge in [0.15, 0.2) is 5.17 Å². The minimum absolute atomic E-state index is 0. The summed E-state index contributed by atoms with van der Waals surface area (Å²) in [7, 11) is 1.64. The van der Waals surface area contributed by atoms with E-state index < -0.39 is 0 Å². The van der Waals surface area contributed by atoms with Crippen LogP contribution in [0.2, 0.25) is 4.34 Å². The molecule has 0 aliphatic carbocycles.